The van der Waals surface area contributed by atoms with Crippen molar-refractivity contribution in [3.63, 3.8) is 0 Å². The quantitative estimate of drug-likeness (QED) is 0.693. The Labute approximate surface area is 105 Å². The van der Waals surface area contributed by atoms with Gasteiger partial charge in [-0.15, -0.1) is 0 Å². The van der Waals surface area contributed by atoms with E-state index in [1.807, 2.05) is 6.92 Å². The van der Waals surface area contributed by atoms with Gasteiger partial charge in [0.2, 0.25) is 15.9 Å². The fourth-order valence-electron chi connectivity index (χ4n) is 1.32. The zero-order valence-electron chi connectivity index (χ0n) is 9.79. The van der Waals surface area contributed by atoms with Crippen molar-refractivity contribution in [1.82, 2.24) is 4.72 Å². The van der Waals surface area contributed by atoms with E-state index in [9.17, 15) is 18.0 Å². The summed E-state index contributed by atoms with van der Waals surface area (Å²) in [6, 6.07) is 4.97. The van der Waals surface area contributed by atoms with Gasteiger partial charge < -0.3 is 10.5 Å². The first-order chi connectivity index (χ1) is 8.35. The van der Waals surface area contributed by atoms with Gasteiger partial charge in [-0.3, -0.25) is 4.79 Å². The summed E-state index contributed by atoms with van der Waals surface area (Å²) in [4.78, 5) is 21.4. The molecule has 1 atom stereocenters. The molecule has 0 aliphatic carbocycles. The molecule has 0 saturated carbocycles. The van der Waals surface area contributed by atoms with Crippen LogP contribution in [-0.4, -0.2) is 26.7 Å². The van der Waals surface area contributed by atoms with Gasteiger partial charge in [0.15, 0.2) is 0 Å². The van der Waals surface area contributed by atoms with Crippen molar-refractivity contribution in [3.05, 3.63) is 29.8 Å². The molecule has 0 saturated heterocycles. The van der Waals surface area contributed by atoms with Crippen molar-refractivity contribution in [2.45, 2.75) is 24.3 Å². The molecule has 0 aliphatic rings. The van der Waals surface area contributed by atoms with E-state index in [2.05, 4.69) is 4.72 Å². The van der Waals surface area contributed by atoms with E-state index in [0.717, 1.165) is 5.56 Å². The molecule has 0 radical (unpaired) electrons. The molecule has 0 fully saturated rings. The molecule has 1 unspecified atom stereocenters. The number of carbonyl (C=O) groups excluding carboxylic acids is 2. The van der Waals surface area contributed by atoms with Crippen LogP contribution in [0.25, 0.3) is 0 Å². The van der Waals surface area contributed by atoms with E-state index in [1.165, 1.54) is 12.1 Å². The minimum atomic E-state index is -3.82. The molecule has 0 heterocycles. The van der Waals surface area contributed by atoms with Gasteiger partial charge in [-0.1, -0.05) is 17.7 Å². The van der Waals surface area contributed by atoms with Crippen LogP contribution in [0.3, 0.4) is 0 Å². The molecule has 1 aromatic carbocycles. The maximum absolute atomic E-state index is 11.9. The molecule has 0 aromatic heterocycles. The lowest BCUT2D eigenvalue weighted by molar-refractivity contribution is -0.120. The van der Waals surface area contributed by atoms with Crippen LogP contribution in [-0.2, 0) is 19.6 Å². The zero-order valence-corrected chi connectivity index (χ0v) is 10.6. The van der Waals surface area contributed by atoms with Crippen LogP contribution in [0.2, 0.25) is 0 Å². The predicted molar refractivity (Wildman–Crippen MR) is 65.2 cm³/mol. The highest BCUT2D eigenvalue weighted by Gasteiger charge is 2.20. The maximum atomic E-state index is 11.9. The largest absolute Gasteiger partial charge is 0.370 e. The average Bonchev–Trinajstić information content (AvgIpc) is 2.27. The Kier molecular flexibility index (Phi) is 4.57. The van der Waals surface area contributed by atoms with Gasteiger partial charge in [-0.25, -0.2) is 13.1 Å². The second kappa shape index (κ2) is 5.74. The highest BCUT2D eigenvalue weighted by molar-refractivity contribution is 7.89. The van der Waals surface area contributed by atoms with Gasteiger partial charge in [0, 0.05) is 6.42 Å². The lowest BCUT2D eigenvalue weighted by Gasteiger charge is -2.11. The topological polar surface area (TPSA) is 106 Å². The van der Waals surface area contributed by atoms with Crippen LogP contribution in [0.4, 0.5) is 0 Å². The van der Waals surface area contributed by atoms with Crippen molar-refractivity contribution in [3.8, 4) is 0 Å². The number of aldehydes is 1. The number of benzene rings is 1. The van der Waals surface area contributed by atoms with Crippen molar-refractivity contribution in [2.75, 3.05) is 0 Å². The Morgan fingerprint density at radius 1 is 1.39 bits per heavy atom. The van der Waals surface area contributed by atoms with E-state index in [0.29, 0.717) is 6.29 Å². The molecule has 7 heteroatoms. The van der Waals surface area contributed by atoms with Gasteiger partial charge in [0.05, 0.1) is 10.9 Å². The highest BCUT2D eigenvalue weighted by Crippen LogP contribution is 2.10. The summed E-state index contributed by atoms with van der Waals surface area (Å²) >= 11 is 0. The van der Waals surface area contributed by atoms with Crippen LogP contribution in [0.1, 0.15) is 12.0 Å². The van der Waals surface area contributed by atoms with Gasteiger partial charge in [-0.05, 0) is 19.1 Å². The van der Waals surface area contributed by atoms with Crippen LogP contribution < -0.4 is 10.5 Å². The maximum Gasteiger partial charge on any atom is 0.241 e. The molecule has 0 spiro atoms. The van der Waals surface area contributed by atoms with E-state index < -0.39 is 22.0 Å². The second-order valence-electron chi connectivity index (χ2n) is 3.85. The number of primary amides is 1. The molecule has 1 rings (SSSR count). The Bertz CT molecular complexity index is 537. The summed E-state index contributed by atoms with van der Waals surface area (Å²) in [5.41, 5.74) is 5.83. The Hall–Kier alpha value is -1.73. The number of hydrogen-bond acceptors (Lipinski definition) is 4. The lowest BCUT2D eigenvalue weighted by atomic mass is 10.2. The molecular formula is C11H14N2O4S. The molecule has 0 aliphatic heterocycles. The minimum Gasteiger partial charge on any atom is -0.370 e. The number of hydrogen-bond donors (Lipinski definition) is 2. The van der Waals surface area contributed by atoms with Gasteiger partial charge in [0.1, 0.15) is 6.29 Å². The van der Waals surface area contributed by atoms with E-state index in [4.69, 9.17) is 5.73 Å². The smallest absolute Gasteiger partial charge is 0.241 e. The fourth-order valence-corrected chi connectivity index (χ4v) is 2.49. The SMILES string of the molecule is Cc1ccc(S(=O)(=O)NC(C=O)CC(N)=O)cc1. The highest BCUT2D eigenvalue weighted by atomic mass is 32.2. The molecule has 98 valence electrons. The van der Waals surface area contributed by atoms with Gasteiger partial charge >= 0.3 is 0 Å². The summed E-state index contributed by atoms with van der Waals surface area (Å²) in [5.74, 6) is -0.751. The van der Waals surface area contributed by atoms with Crippen molar-refractivity contribution in [2.24, 2.45) is 5.73 Å². The van der Waals surface area contributed by atoms with Crippen LogP contribution in [0.15, 0.2) is 29.2 Å². The molecular weight excluding hydrogens is 256 g/mol. The first-order valence-corrected chi connectivity index (χ1v) is 6.66. The molecule has 1 amide bonds. The van der Waals surface area contributed by atoms with E-state index in [-0.39, 0.29) is 11.3 Å². The summed E-state index contributed by atoms with van der Waals surface area (Å²) in [6.45, 7) is 1.82. The lowest BCUT2D eigenvalue weighted by Crippen LogP contribution is -2.38. The molecule has 0 bridgehead atoms. The fraction of sp³-hybridized carbons (Fsp3) is 0.273. The second-order valence-corrected chi connectivity index (χ2v) is 5.56. The third-order valence-electron chi connectivity index (χ3n) is 2.22. The molecule has 6 nitrogen and oxygen atoms in total. The standard InChI is InChI=1S/C11H14N2O4S/c1-8-2-4-10(5-3-8)18(16,17)13-9(7-14)6-11(12)15/h2-5,7,9,13H,6H2,1H3,(H2,12,15). The number of amides is 1. The van der Waals surface area contributed by atoms with Crippen molar-refractivity contribution >= 4 is 22.2 Å². The molecule has 18 heavy (non-hydrogen) atoms. The third kappa shape index (κ3) is 3.94. The number of sulfonamides is 1. The Balaban J connectivity index is 2.90. The first-order valence-electron chi connectivity index (χ1n) is 5.18. The number of aryl methyl sites for hydroxylation is 1. The summed E-state index contributed by atoms with van der Waals surface area (Å²) in [7, 11) is -3.82. The normalized spacial score (nSPS) is 12.9. The Morgan fingerprint density at radius 3 is 2.39 bits per heavy atom. The predicted octanol–water partition coefficient (Wildman–Crippen LogP) is -0.284. The van der Waals surface area contributed by atoms with Crippen molar-refractivity contribution < 1.29 is 18.0 Å². The summed E-state index contributed by atoms with van der Waals surface area (Å²) in [6.07, 6.45) is -0.0227. The summed E-state index contributed by atoms with van der Waals surface area (Å²) in [5, 5.41) is 0. The number of nitrogens with one attached hydrogen (secondary N) is 1. The van der Waals surface area contributed by atoms with E-state index in [1.54, 1.807) is 12.1 Å². The molecule has 3 N–H and O–H groups in total. The average molecular weight is 270 g/mol. The zero-order chi connectivity index (χ0) is 13.8. The monoisotopic (exact) mass is 270 g/mol. The first kappa shape index (κ1) is 14.3. The van der Waals surface area contributed by atoms with Gasteiger partial charge in [0.25, 0.3) is 0 Å². The number of carbonyl (C=O) groups is 2. The number of rotatable bonds is 6. The number of nitrogens with two attached hydrogens (primary N) is 1. The summed E-state index contributed by atoms with van der Waals surface area (Å²) < 4.78 is 25.9. The van der Waals surface area contributed by atoms with Gasteiger partial charge in [-0.2, -0.15) is 0 Å². The third-order valence-corrected chi connectivity index (χ3v) is 3.73. The molecule has 1 aromatic rings. The van der Waals surface area contributed by atoms with Crippen LogP contribution in [0, 0.1) is 6.92 Å². The van der Waals surface area contributed by atoms with Crippen molar-refractivity contribution in [1.29, 1.82) is 0 Å². The van der Waals surface area contributed by atoms with Crippen LogP contribution in [0.5, 0.6) is 0 Å². The minimum absolute atomic E-state index is 0.0319. The van der Waals surface area contributed by atoms with Crippen LogP contribution >= 0.6 is 0 Å². The Morgan fingerprint density at radius 2 is 1.94 bits per heavy atom. The van der Waals surface area contributed by atoms with E-state index >= 15 is 0 Å².